The van der Waals surface area contributed by atoms with Gasteiger partial charge >= 0.3 is 0 Å². The SMILES string of the molecule is CC(C)(CN=C(N)Nc1ccccn1)c1ccc(Br)cc1Cl. The number of pyridine rings is 1. The van der Waals surface area contributed by atoms with Gasteiger partial charge in [0.15, 0.2) is 5.96 Å². The van der Waals surface area contributed by atoms with E-state index in [1.54, 1.807) is 6.20 Å². The molecule has 0 amide bonds. The number of hydrogen-bond acceptors (Lipinski definition) is 2. The second kappa shape index (κ2) is 7.11. The van der Waals surface area contributed by atoms with Crippen LogP contribution in [0, 0.1) is 0 Å². The highest BCUT2D eigenvalue weighted by Gasteiger charge is 2.23. The normalized spacial score (nSPS) is 12.3. The van der Waals surface area contributed by atoms with Crippen molar-refractivity contribution in [2.24, 2.45) is 10.7 Å². The molecule has 2 rings (SSSR count). The number of aromatic nitrogens is 1. The summed E-state index contributed by atoms with van der Waals surface area (Å²) in [5, 5.41) is 3.68. The number of anilines is 1. The van der Waals surface area contributed by atoms with Crippen LogP contribution in [0.15, 0.2) is 52.1 Å². The predicted octanol–water partition coefficient (Wildman–Crippen LogP) is 4.20. The number of nitrogens with one attached hydrogen (secondary N) is 1. The Morgan fingerprint density at radius 2 is 2.14 bits per heavy atom. The van der Waals surface area contributed by atoms with E-state index in [9.17, 15) is 0 Å². The van der Waals surface area contributed by atoms with Gasteiger partial charge in [0.05, 0.1) is 6.54 Å². The minimum Gasteiger partial charge on any atom is -0.370 e. The van der Waals surface area contributed by atoms with Gasteiger partial charge in [0.25, 0.3) is 0 Å². The fourth-order valence-corrected chi connectivity index (χ4v) is 2.94. The van der Waals surface area contributed by atoms with E-state index in [0.29, 0.717) is 23.3 Å². The molecule has 3 N–H and O–H groups in total. The summed E-state index contributed by atoms with van der Waals surface area (Å²) in [7, 11) is 0. The number of hydrogen-bond donors (Lipinski definition) is 2. The number of halogens is 2. The number of guanidine groups is 1. The Kier molecular flexibility index (Phi) is 5.42. The highest BCUT2D eigenvalue weighted by molar-refractivity contribution is 9.10. The van der Waals surface area contributed by atoms with Crippen molar-refractivity contribution >= 4 is 39.3 Å². The van der Waals surface area contributed by atoms with Crippen LogP contribution in [0.5, 0.6) is 0 Å². The summed E-state index contributed by atoms with van der Waals surface area (Å²) in [5.74, 6) is 1.00. The number of aliphatic imine (C=N–C) groups is 1. The third kappa shape index (κ3) is 4.45. The molecule has 0 aliphatic rings. The fourth-order valence-electron chi connectivity index (χ4n) is 2.01. The lowest BCUT2D eigenvalue weighted by Gasteiger charge is -2.24. The van der Waals surface area contributed by atoms with E-state index in [0.717, 1.165) is 10.0 Å². The van der Waals surface area contributed by atoms with Gasteiger partial charge in [0, 0.05) is 21.1 Å². The van der Waals surface area contributed by atoms with Crippen molar-refractivity contribution in [1.82, 2.24) is 4.98 Å². The van der Waals surface area contributed by atoms with Crippen molar-refractivity contribution in [3.05, 3.63) is 57.7 Å². The number of nitrogens with zero attached hydrogens (tertiary/aromatic N) is 2. The van der Waals surface area contributed by atoms with Crippen LogP contribution in [0.25, 0.3) is 0 Å². The zero-order chi connectivity index (χ0) is 16.2. The number of nitrogens with two attached hydrogens (primary N) is 1. The molecule has 1 heterocycles. The monoisotopic (exact) mass is 380 g/mol. The molecule has 116 valence electrons. The molecule has 0 saturated heterocycles. The molecular formula is C16H18BrClN4. The molecule has 0 bridgehead atoms. The Bertz CT molecular complexity index is 671. The molecule has 0 saturated carbocycles. The summed E-state index contributed by atoms with van der Waals surface area (Å²) in [4.78, 5) is 8.55. The average molecular weight is 382 g/mol. The first-order valence-electron chi connectivity index (χ1n) is 6.82. The Hall–Kier alpha value is -1.59. The molecule has 0 aliphatic heterocycles. The zero-order valence-corrected chi connectivity index (χ0v) is 14.8. The summed E-state index contributed by atoms with van der Waals surface area (Å²) >= 11 is 9.74. The van der Waals surface area contributed by atoms with Gasteiger partial charge in [-0.1, -0.05) is 53.5 Å². The second-order valence-electron chi connectivity index (χ2n) is 5.55. The van der Waals surface area contributed by atoms with Crippen LogP contribution < -0.4 is 11.1 Å². The number of rotatable bonds is 4. The van der Waals surface area contributed by atoms with Gasteiger partial charge in [-0.25, -0.2) is 4.98 Å². The van der Waals surface area contributed by atoms with E-state index in [2.05, 4.69) is 45.1 Å². The molecule has 1 aromatic carbocycles. The van der Waals surface area contributed by atoms with Crippen molar-refractivity contribution in [1.29, 1.82) is 0 Å². The zero-order valence-electron chi connectivity index (χ0n) is 12.5. The third-order valence-electron chi connectivity index (χ3n) is 3.23. The molecule has 2 aromatic rings. The van der Waals surface area contributed by atoms with Gasteiger partial charge in [-0.2, -0.15) is 0 Å². The maximum Gasteiger partial charge on any atom is 0.194 e. The van der Waals surface area contributed by atoms with Crippen LogP contribution in [-0.2, 0) is 5.41 Å². The maximum absolute atomic E-state index is 6.32. The van der Waals surface area contributed by atoms with Crippen LogP contribution in [0.3, 0.4) is 0 Å². The lowest BCUT2D eigenvalue weighted by atomic mass is 9.85. The molecule has 0 unspecified atom stereocenters. The third-order valence-corrected chi connectivity index (χ3v) is 4.03. The van der Waals surface area contributed by atoms with Crippen molar-refractivity contribution in [2.75, 3.05) is 11.9 Å². The van der Waals surface area contributed by atoms with Crippen molar-refractivity contribution < 1.29 is 0 Å². The van der Waals surface area contributed by atoms with Crippen LogP contribution >= 0.6 is 27.5 Å². The molecule has 22 heavy (non-hydrogen) atoms. The quantitative estimate of drug-likeness (QED) is 0.616. The maximum atomic E-state index is 6.32. The summed E-state index contributed by atoms with van der Waals surface area (Å²) in [6.45, 7) is 4.68. The molecule has 0 atom stereocenters. The van der Waals surface area contributed by atoms with Gasteiger partial charge in [-0.05, 0) is 29.8 Å². The highest BCUT2D eigenvalue weighted by atomic mass is 79.9. The Morgan fingerprint density at radius 1 is 1.36 bits per heavy atom. The molecule has 0 radical (unpaired) electrons. The first-order chi connectivity index (χ1) is 10.4. The predicted molar refractivity (Wildman–Crippen MR) is 96.5 cm³/mol. The molecule has 4 nitrogen and oxygen atoms in total. The van der Waals surface area contributed by atoms with E-state index < -0.39 is 0 Å². The summed E-state index contributed by atoms with van der Waals surface area (Å²) in [6.07, 6.45) is 1.70. The van der Waals surface area contributed by atoms with E-state index in [1.165, 1.54) is 0 Å². The standard InChI is InChI=1S/C16H18BrClN4/c1-16(2,12-7-6-11(17)9-13(12)18)10-21-15(19)22-14-5-3-4-8-20-14/h3-9H,10H2,1-2H3,(H3,19,20,21,22). The fraction of sp³-hybridized carbons (Fsp3) is 0.250. The average Bonchev–Trinajstić information content (AvgIpc) is 2.46. The molecular weight excluding hydrogens is 364 g/mol. The van der Waals surface area contributed by atoms with E-state index >= 15 is 0 Å². The van der Waals surface area contributed by atoms with Crippen LogP contribution in [0.4, 0.5) is 5.82 Å². The Balaban J connectivity index is 2.09. The molecule has 1 aromatic heterocycles. The van der Waals surface area contributed by atoms with E-state index in [-0.39, 0.29) is 5.41 Å². The lowest BCUT2D eigenvalue weighted by Crippen LogP contribution is -2.28. The minimum absolute atomic E-state index is 0.228. The van der Waals surface area contributed by atoms with Crippen LogP contribution in [0.2, 0.25) is 5.02 Å². The topological polar surface area (TPSA) is 63.3 Å². The first kappa shape index (κ1) is 16.8. The molecule has 0 aliphatic carbocycles. The van der Waals surface area contributed by atoms with Crippen molar-refractivity contribution in [2.45, 2.75) is 19.3 Å². The summed E-state index contributed by atoms with van der Waals surface area (Å²) in [5.41, 5.74) is 6.72. The highest BCUT2D eigenvalue weighted by Crippen LogP contribution is 2.32. The second-order valence-corrected chi connectivity index (χ2v) is 6.87. The van der Waals surface area contributed by atoms with E-state index in [1.807, 2.05) is 36.4 Å². The van der Waals surface area contributed by atoms with Crippen LogP contribution in [0.1, 0.15) is 19.4 Å². The van der Waals surface area contributed by atoms with Crippen LogP contribution in [-0.4, -0.2) is 17.5 Å². The lowest BCUT2D eigenvalue weighted by molar-refractivity contribution is 0.540. The first-order valence-corrected chi connectivity index (χ1v) is 7.99. The number of benzene rings is 1. The minimum atomic E-state index is -0.228. The largest absolute Gasteiger partial charge is 0.370 e. The molecule has 6 heteroatoms. The van der Waals surface area contributed by atoms with Crippen molar-refractivity contribution in [3.63, 3.8) is 0 Å². The summed E-state index contributed by atoms with van der Waals surface area (Å²) in [6, 6.07) is 11.4. The Labute approximate surface area is 143 Å². The van der Waals surface area contributed by atoms with Gasteiger partial charge in [0.1, 0.15) is 5.82 Å². The van der Waals surface area contributed by atoms with Gasteiger partial charge in [-0.15, -0.1) is 0 Å². The summed E-state index contributed by atoms with van der Waals surface area (Å²) < 4.78 is 0.955. The molecule has 0 spiro atoms. The smallest absolute Gasteiger partial charge is 0.194 e. The van der Waals surface area contributed by atoms with Gasteiger partial charge in [-0.3, -0.25) is 4.99 Å². The van der Waals surface area contributed by atoms with Crippen molar-refractivity contribution in [3.8, 4) is 0 Å². The van der Waals surface area contributed by atoms with Gasteiger partial charge in [0.2, 0.25) is 0 Å². The van der Waals surface area contributed by atoms with E-state index in [4.69, 9.17) is 17.3 Å². The molecule has 0 fully saturated rings. The van der Waals surface area contributed by atoms with Gasteiger partial charge < -0.3 is 11.1 Å². The Morgan fingerprint density at radius 3 is 2.77 bits per heavy atom.